The molecule has 0 aromatic rings. The summed E-state index contributed by atoms with van der Waals surface area (Å²) in [4.78, 5) is 24.4. The lowest BCUT2D eigenvalue weighted by atomic mass is 9.45. The minimum Gasteiger partial charge on any atom is -0.458 e. The van der Waals surface area contributed by atoms with Crippen LogP contribution in [0.4, 0.5) is 0 Å². The molecule has 0 bridgehead atoms. The first-order chi connectivity index (χ1) is 13.3. The SMILES string of the molecule is C[C@]12CCC(=O)C=C1C1CC1C1C2C(Cl)C[C@@]2(C)C1[C@@H]1C[C@@H]1C21CCC(=O)O1. The van der Waals surface area contributed by atoms with Crippen LogP contribution < -0.4 is 0 Å². The summed E-state index contributed by atoms with van der Waals surface area (Å²) in [5.41, 5.74) is 1.34. The van der Waals surface area contributed by atoms with Gasteiger partial charge in [0.25, 0.3) is 0 Å². The fourth-order valence-electron chi connectivity index (χ4n) is 9.78. The van der Waals surface area contributed by atoms with Gasteiger partial charge in [-0.25, -0.2) is 0 Å². The highest BCUT2D eigenvalue weighted by Crippen LogP contribution is 2.82. The second kappa shape index (κ2) is 4.74. The monoisotopic (exact) mass is 400 g/mol. The van der Waals surface area contributed by atoms with Gasteiger partial charge in [-0.2, -0.15) is 0 Å². The van der Waals surface area contributed by atoms with Crippen molar-refractivity contribution in [2.75, 3.05) is 0 Å². The van der Waals surface area contributed by atoms with Crippen LogP contribution in [0.3, 0.4) is 0 Å². The van der Waals surface area contributed by atoms with E-state index < -0.39 is 0 Å². The molecule has 6 fully saturated rings. The highest BCUT2D eigenvalue weighted by Gasteiger charge is 2.82. The van der Waals surface area contributed by atoms with Crippen molar-refractivity contribution in [2.24, 2.45) is 52.3 Å². The van der Waals surface area contributed by atoms with Crippen LogP contribution in [0.25, 0.3) is 0 Å². The highest BCUT2D eigenvalue weighted by molar-refractivity contribution is 6.21. The summed E-state index contributed by atoms with van der Waals surface area (Å²) in [6.45, 7) is 4.84. The number of carbonyl (C=O) groups excluding carboxylic acids is 2. The Labute approximate surface area is 171 Å². The Kier molecular flexibility index (Phi) is 2.86. The average Bonchev–Trinajstić information content (AvgIpc) is 3.53. The van der Waals surface area contributed by atoms with E-state index in [0.717, 1.165) is 25.2 Å². The highest BCUT2D eigenvalue weighted by atomic mass is 35.5. The van der Waals surface area contributed by atoms with Crippen LogP contribution in [0, 0.1) is 52.3 Å². The van der Waals surface area contributed by atoms with Crippen molar-refractivity contribution in [1.82, 2.24) is 0 Å². The number of alkyl halides is 1. The van der Waals surface area contributed by atoms with E-state index in [0.29, 0.717) is 54.1 Å². The first kappa shape index (κ1) is 16.9. The number of halogens is 1. The normalized spacial score (nSPS) is 62.9. The standard InChI is InChI=1S/C24H29ClO3/c1-22-5-3-11(26)7-15(22)12-8-13(12)19-20-14-9-16(14)24(6-4-18(27)28-24)23(20,2)10-17(25)21(19)22/h7,12-14,16-17,19-21H,3-6,8-10H2,1-2H3/t12?,13?,14-,16+,17?,19?,20?,21?,22+,23+,24?/m1/s1. The average molecular weight is 401 g/mol. The second-order valence-electron chi connectivity index (χ2n) is 11.6. The number of carbonyl (C=O) groups is 2. The van der Waals surface area contributed by atoms with Crippen LogP contribution in [0.2, 0.25) is 0 Å². The van der Waals surface area contributed by atoms with Crippen molar-refractivity contribution < 1.29 is 14.3 Å². The van der Waals surface area contributed by atoms with Crippen molar-refractivity contribution in [3.05, 3.63) is 11.6 Å². The minimum absolute atomic E-state index is 0.0108. The molecule has 1 spiro atoms. The maximum Gasteiger partial charge on any atom is 0.306 e. The molecule has 150 valence electrons. The van der Waals surface area contributed by atoms with Crippen LogP contribution in [-0.2, 0) is 14.3 Å². The largest absolute Gasteiger partial charge is 0.458 e. The van der Waals surface area contributed by atoms with Gasteiger partial charge < -0.3 is 4.74 Å². The molecule has 0 amide bonds. The van der Waals surface area contributed by atoms with Gasteiger partial charge in [-0.1, -0.05) is 19.4 Å². The zero-order chi connectivity index (χ0) is 19.2. The molecule has 11 atom stereocenters. The maximum atomic E-state index is 12.2. The van der Waals surface area contributed by atoms with Crippen LogP contribution in [0.15, 0.2) is 11.6 Å². The zero-order valence-corrected chi connectivity index (χ0v) is 17.5. The first-order valence-electron chi connectivity index (χ1n) is 11.4. The van der Waals surface area contributed by atoms with E-state index in [1.807, 2.05) is 6.08 Å². The number of rotatable bonds is 0. The molecule has 7 unspecified atom stereocenters. The van der Waals surface area contributed by atoms with E-state index in [9.17, 15) is 9.59 Å². The molecule has 5 saturated carbocycles. The van der Waals surface area contributed by atoms with Gasteiger partial charge >= 0.3 is 5.97 Å². The van der Waals surface area contributed by atoms with Crippen LogP contribution >= 0.6 is 11.6 Å². The molecule has 0 radical (unpaired) electrons. The van der Waals surface area contributed by atoms with Gasteiger partial charge in [0.1, 0.15) is 5.60 Å². The molecule has 3 nitrogen and oxygen atoms in total. The van der Waals surface area contributed by atoms with Crippen molar-refractivity contribution in [1.29, 1.82) is 0 Å². The third kappa shape index (κ3) is 1.66. The molecule has 1 aliphatic heterocycles. The quantitative estimate of drug-likeness (QED) is 0.443. The first-order valence-corrected chi connectivity index (χ1v) is 11.8. The molecular formula is C24H29ClO3. The Bertz CT molecular complexity index is 864. The molecule has 1 saturated heterocycles. The topological polar surface area (TPSA) is 43.4 Å². The van der Waals surface area contributed by atoms with E-state index in [2.05, 4.69) is 13.8 Å². The maximum absolute atomic E-state index is 12.2. The lowest BCUT2D eigenvalue weighted by molar-refractivity contribution is -0.176. The summed E-state index contributed by atoms with van der Waals surface area (Å²) in [5.74, 6) is 4.73. The summed E-state index contributed by atoms with van der Waals surface area (Å²) >= 11 is 7.28. The van der Waals surface area contributed by atoms with Crippen molar-refractivity contribution >= 4 is 23.4 Å². The Hall–Kier alpha value is -0.830. The molecular weight excluding hydrogens is 372 g/mol. The fraction of sp³-hybridized carbons (Fsp3) is 0.833. The fourth-order valence-corrected chi connectivity index (χ4v) is 10.5. The van der Waals surface area contributed by atoms with E-state index in [1.54, 1.807) is 0 Å². The number of ketones is 1. The predicted octanol–water partition coefficient (Wildman–Crippen LogP) is 4.52. The van der Waals surface area contributed by atoms with E-state index in [4.69, 9.17) is 16.3 Å². The van der Waals surface area contributed by atoms with Gasteiger partial charge in [0.2, 0.25) is 0 Å². The Balaban J connectivity index is 1.36. The smallest absolute Gasteiger partial charge is 0.306 e. The molecule has 0 aromatic heterocycles. The molecule has 7 rings (SSSR count). The lowest BCUT2D eigenvalue weighted by Gasteiger charge is -2.61. The molecule has 7 aliphatic rings. The number of ether oxygens (including phenoxy) is 1. The van der Waals surface area contributed by atoms with E-state index in [-0.39, 0.29) is 27.8 Å². The second-order valence-corrected chi connectivity index (χ2v) is 12.2. The lowest BCUT2D eigenvalue weighted by Crippen LogP contribution is -2.60. The number of fused-ring (bicyclic) bond motifs is 12. The summed E-state index contributed by atoms with van der Waals surface area (Å²) in [6, 6.07) is 0. The predicted molar refractivity (Wildman–Crippen MR) is 105 cm³/mol. The molecule has 0 N–H and O–H groups in total. The Morgan fingerprint density at radius 2 is 1.89 bits per heavy atom. The van der Waals surface area contributed by atoms with Gasteiger partial charge in [-0.15, -0.1) is 11.6 Å². The minimum atomic E-state index is -0.235. The van der Waals surface area contributed by atoms with Crippen molar-refractivity contribution in [3.8, 4) is 0 Å². The molecule has 6 aliphatic carbocycles. The molecule has 1 heterocycles. The van der Waals surface area contributed by atoms with Gasteiger partial charge in [-0.05, 0) is 79.1 Å². The number of hydrogen-bond acceptors (Lipinski definition) is 3. The third-order valence-corrected chi connectivity index (χ3v) is 11.2. The third-order valence-electron chi connectivity index (χ3n) is 10.8. The summed E-state index contributed by atoms with van der Waals surface area (Å²) in [7, 11) is 0. The summed E-state index contributed by atoms with van der Waals surface area (Å²) < 4.78 is 6.21. The molecule has 28 heavy (non-hydrogen) atoms. The van der Waals surface area contributed by atoms with Gasteiger partial charge in [0, 0.05) is 29.6 Å². The molecule has 0 aromatic carbocycles. The summed E-state index contributed by atoms with van der Waals surface area (Å²) in [5, 5.41) is 0.114. The van der Waals surface area contributed by atoms with Gasteiger partial charge in [0.05, 0.1) is 0 Å². The van der Waals surface area contributed by atoms with Crippen molar-refractivity contribution in [3.63, 3.8) is 0 Å². The van der Waals surface area contributed by atoms with E-state index in [1.165, 1.54) is 18.4 Å². The van der Waals surface area contributed by atoms with Gasteiger partial charge in [0.15, 0.2) is 5.78 Å². The number of hydrogen-bond donors (Lipinski definition) is 0. The van der Waals surface area contributed by atoms with Gasteiger partial charge in [-0.3, -0.25) is 9.59 Å². The van der Waals surface area contributed by atoms with Crippen LogP contribution in [0.5, 0.6) is 0 Å². The van der Waals surface area contributed by atoms with E-state index >= 15 is 0 Å². The van der Waals surface area contributed by atoms with Crippen LogP contribution in [-0.4, -0.2) is 22.7 Å². The summed E-state index contributed by atoms with van der Waals surface area (Å²) in [6.07, 6.45) is 8.63. The zero-order valence-electron chi connectivity index (χ0n) is 16.7. The molecule has 4 heteroatoms. The number of allylic oxidation sites excluding steroid dienone is 1. The number of esters is 1. The Morgan fingerprint density at radius 1 is 1.07 bits per heavy atom. The van der Waals surface area contributed by atoms with Crippen molar-refractivity contribution in [2.45, 2.75) is 69.8 Å². The Morgan fingerprint density at radius 3 is 2.64 bits per heavy atom. The van der Waals surface area contributed by atoms with Crippen LogP contribution in [0.1, 0.15) is 58.8 Å².